The first-order valence-electron chi connectivity index (χ1n) is 26.4. The van der Waals surface area contributed by atoms with E-state index in [2.05, 4.69) is 364 Å². The van der Waals surface area contributed by atoms with Gasteiger partial charge in [-0.05, 0) is 146 Å². The van der Waals surface area contributed by atoms with E-state index in [0.717, 1.165) is 0 Å². The van der Waals surface area contributed by atoms with Gasteiger partial charge in [0.05, 0.1) is 115 Å². The van der Waals surface area contributed by atoms with Gasteiger partial charge in [-0.15, -0.1) is 0 Å². The zero-order valence-corrected chi connectivity index (χ0v) is 53.3. The molecule has 0 amide bonds. The van der Waals surface area contributed by atoms with Crippen molar-refractivity contribution in [3.8, 4) is 0 Å². The van der Waals surface area contributed by atoms with Crippen LogP contribution < -0.4 is 91.9 Å². The maximum absolute atomic E-state index is 2.20. The molecule has 0 heterocycles. The van der Waals surface area contributed by atoms with E-state index in [9.17, 15) is 0 Å². The van der Waals surface area contributed by atoms with Crippen molar-refractivity contribution in [1.82, 2.24) is 0 Å². The predicted octanol–water partition coefficient (Wildman–Crippen LogP) is -5.69. The molecule has 12 rings (SSSR count). The van der Waals surface area contributed by atoms with Crippen LogP contribution in [0.25, 0.3) is 0 Å². The molecule has 12 aromatic rings. The first kappa shape index (κ1) is 74.8. The van der Waals surface area contributed by atoms with E-state index < -0.39 is 0 Å². The van der Waals surface area contributed by atoms with Crippen molar-refractivity contribution in [3.05, 3.63) is 364 Å². The van der Waals surface area contributed by atoms with Crippen LogP contribution in [0.1, 0.15) is 0 Å². The average Bonchev–Trinajstić information content (AvgIpc) is 3.56. The van der Waals surface area contributed by atoms with Crippen molar-refractivity contribution in [2.24, 2.45) is 0 Å². The molecule has 84 heavy (non-hydrogen) atoms. The Labute approximate surface area is 504 Å². The number of hydrogen-bond donors (Lipinski definition) is 0. The molecule has 0 unspecified atom stereocenters. The average molecular weight is 1240 g/mol. The molecule has 0 N–H and O–H groups in total. The second-order valence-electron chi connectivity index (χ2n) is 17.8. The van der Waals surface area contributed by atoms with Gasteiger partial charge in [0.15, 0.2) is 0 Å². The quantitative estimate of drug-likeness (QED) is 0.0848. The van der Waals surface area contributed by atoms with Crippen molar-refractivity contribution < 1.29 is 28.2 Å². The molecule has 0 aromatic heterocycles. The summed E-state index contributed by atoms with van der Waals surface area (Å²) in [6.07, 6.45) is 0. The first-order valence-corrected chi connectivity index (χ1v) is 33.3. The van der Waals surface area contributed by atoms with Crippen LogP contribution in [0.3, 0.4) is 0 Å². The summed E-state index contributed by atoms with van der Waals surface area (Å²) in [5, 5.41) is 17.4. The molecule has 12 aromatic carbocycles. The van der Waals surface area contributed by atoms with E-state index >= 15 is 0 Å². The summed E-state index contributed by atoms with van der Waals surface area (Å²) in [6, 6.07) is 128. The molecule has 0 aliphatic rings. The van der Waals surface area contributed by atoms with Gasteiger partial charge in [0.2, 0.25) is 0 Å². The fourth-order valence-electron chi connectivity index (χ4n) is 7.75. The third-order valence-electron chi connectivity index (χ3n) is 11.6. The van der Waals surface area contributed by atoms with Gasteiger partial charge in [-0.2, -0.15) is 0 Å². The van der Waals surface area contributed by atoms with Crippen LogP contribution in [-0.4, -0.2) is 0 Å². The molecule has 0 aliphatic heterocycles. The molecule has 0 radical (unpaired) electrons. The number of rotatable bonds is 12. The molecule has 0 saturated heterocycles. The summed E-state index contributed by atoms with van der Waals surface area (Å²) >= 11 is 0. The zero-order chi connectivity index (χ0) is 53.6. The highest BCUT2D eigenvalue weighted by Gasteiger charge is 2.05. The molecular weight excluding hydrogens is 1160 g/mol. The van der Waals surface area contributed by atoms with E-state index in [0.29, 0.717) is 0 Å². The van der Waals surface area contributed by atoms with E-state index in [1.807, 2.05) is 0 Å². The lowest BCUT2D eigenvalue weighted by Crippen LogP contribution is -3.00. The molecule has 0 atom stereocenters. The summed E-state index contributed by atoms with van der Waals surface area (Å²) in [4.78, 5) is 0. The van der Waals surface area contributed by atoms with Gasteiger partial charge in [-0.1, -0.05) is 218 Å². The predicted molar refractivity (Wildman–Crippen MR) is 371 cm³/mol. The Kier molecular flexibility index (Phi) is 42.0. The monoisotopic (exact) mass is 1240 g/mol. The Bertz CT molecular complexity index is 2520. The molecule has 12 heteroatoms. The highest BCUT2D eigenvalue weighted by Crippen LogP contribution is 2.13. The first-order chi connectivity index (χ1) is 38.7. The van der Waals surface area contributed by atoms with Gasteiger partial charge in [-0.25, -0.2) is 0 Å². The molecule has 0 nitrogen and oxygen atoms in total. The van der Waals surface area contributed by atoms with Gasteiger partial charge < -0.3 is 28.2 Å². The van der Waals surface area contributed by atoms with E-state index in [4.69, 9.17) is 0 Å². The summed E-state index contributed by atoms with van der Waals surface area (Å²) in [5.41, 5.74) is 0. The molecule has 0 spiro atoms. The van der Waals surface area contributed by atoms with E-state index in [1.165, 1.54) is 63.7 Å². The Hall–Kier alpha value is -7.20. The maximum atomic E-state index is 2.20. The van der Waals surface area contributed by atoms with Gasteiger partial charge in [0, 0.05) is 0 Å². The Balaban J connectivity index is 0.000000497. The lowest BCUT2D eigenvalue weighted by atomic mass is 10.4. The standard InChI is InChI=1S/6C12H11P.6FH/c6*1-3-7-11(8-4-1)13-12-9-5-2-6-10-12;;;;;;/h6*1-10,13H;6*1H. The van der Waals surface area contributed by atoms with Gasteiger partial charge in [0.1, 0.15) is 0 Å². The minimum absolute atomic E-state index is 0. The normalized spacial score (nSPS) is 9.14. The number of halogens is 6. The molecule has 0 fully saturated rings. The second kappa shape index (κ2) is 47.2. The largest absolute Gasteiger partial charge is 1.00 e. The third kappa shape index (κ3) is 32.0. The fourth-order valence-corrected chi connectivity index (χ4v) is 15.0. The SMILES string of the molecule is [F-].[F-].[F-].[F-].[F-].[F-].c1ccc([PH2+]c2ccccc2)cc1.c1ccc([PH2+]c2ccccc2)cc1.c1ccc([PH2+]c2ccccc2)cc1.c1ccc([PH2+]c2ccccc2)cc1.c1ccc([PH2+]c2ccccc2)cc1.c1ccc([PH2+]c2ccccc2)cc1. The Morgan fingerprint density at radius 2 is 0.155 bits per heavy atom. The van der Waals surface area contributed by atoms with Gasteiger partial charge in [0.25, 0.3) is 0 Å². The molecule has 432 valence electrons. The van der Waals surface area contributed by atoms with Crippen LogP contribution in [0, 0.1) is 0 Å². The fraction of sp³-hybridized carbons (Fsp3) is 0. The van der Waals surface area contributed by atoms with Crippen LogP contribution in [0.2, 0.25) is 0 Å². The van der Waals surface area contributed by atoms with Crippen molar-refractivity contribution in [3.63, 3.8) is 0 Å². The molecule has 0 aliphatic carbocycles. The Morgan fingerprint density at radius 3 is 0.214 bits per heavy atom. The highest BCUT2D eigenvalue weighted by molar-refractivity contribution is 7.57. The number of benzene rings is 12. The van der Waals surface area contributed by atoms with E-state index in [-0.39, 0.29) is 79.7 Å². The molecular formula is C72H72F6P6. The van der Waals surface area contributed by atoms with E-state index in [1.54, 1.807) is 0 Å². The Morgan fingerprint density at radius 1 is 0.0952 bits per heavy atom. The van der Waals surface area contributed by atoms with Crippen molar-refractivity contribution in [2.45, 2.75) is 0 Å². The summed E-state index contributed by atoms with van der Waals surface area (Å²) in [6.45, 7) is 0. The van der Waals surface area contributed by atoms with Crippen LogP contribution in [-0.2, 0) is 0 Å². The van der Waals surface area contributed by atoms with Crippen molar-refractivity contribution >= 4 is 115 Å². The molecule has 0 bridgehead atoms. The minimum atomic E-state index is 0. The third-order valence-corrected chi connectivity index (χ3v) is 20.2. The minimum Gasteiger partial charge on any atom is -1.00 e. The lowest BCUT2D eigenvalue weighted by molar-refractivity contribution is -0.00100. The summed E-state index contributed by atoms with van der Waals surface area (Å²) in [7, 11) is 1.63. The van der Waals surface area contributed by atoms with Crippen LogP contribution >= 0.6 is 51.5 Å². The second-order valence-corrected chi connectivity index (χ2v) is 27.5. The van der Waals surface area contributed by atoms with Crippen LogP contribution in [0.15, 0.2) is 364 Å². The summed E-state index contributed by atoms with van der Waals surface area (Å²) in [5.74, 6) is 0. The smallest absolute Gasteiger partial charge is 0.0942 e. The van der Waals surface area contributed by atoms with Crippen LogP contribution in [0.5, 0.6) is 0 Å². The number of hydrogen-bond acceptors (Lipinski definition) is 0. The topological polar surface area (TPSA) is 0 Å². The highest BCUT2D eigenvalue weighted by atomic mass is 31.1. The van der Waals surface area contributed by atoms with Crippen LogP contribution in [0.4, 0.5) is 0 Å². The van der Waals surface area contributed by atoms with Gasteiger partial charge in [-0.3, -0.25) is 0 Å². The summed E-state index contributed by atoms with van der Waals surface area (Å²) < 4.78 is 0. The zero-order valence-electron chi connectivity index (χ0n) is 46.4. The molecule has 0 saturated carbocycles. The van der Waals surface area contributed by atoms with Gasteiger partial charge >= 0.3 is 0 Å². The van der Waals surface area contributed by atoms with Crippen molar-refractivity contribution in [1.29, 1.82) is 0 Å². The van der Waals surface area contributed by atoms with Crippen molar-refractivity contribution in [2.75, 3.05) is 0 Å². The maximum Gasteiger partial charge on any atom is 0.0942 e. The lowest BCUT2D eigenvalue weighted by Gasteiger charge is -1.92.